The zero-order valence-electron chi connectivity index (χ0n) is 12.3. The number of ether oxygens (including phenoxy) is 1. The van der Waals surface area contributed by atoms with Crippen molar-refractivity contribution in [2.45, 2.75) is 11.4 Å². The van der Waals surface area contributed by atoms with Gasteiger partial charge in [0, 0.05) is 5.02 Å². The predicted octanol–water partition coefficient (Wildman–Crippen LogP) is 2.32. The Kier molecular flexibility index (Phi) is 4.18. The molecule has 1 aliphatic rings. The van der Waals surface area contributed by atoms with Gasteiger partial charge >= 0.3 is 0 Å². The lowest BCUT2D eigenvalue weighted by molar-refractivity contribution is -0.128. The van der Waals surface area contributed by atoms with E-state index in [-0.39, 0.29) is 11.4 Å². The molecule has 0 unspecified atom stereocenters. The van der Waals surface area contributed by atoms with Crippen LogP contribution in [0.2, 0.25) is 5.02 Å². The molecule has 0 N–H and O–H groups in total. The summed E-state index contributed by atoms with van der Waals surface area (Å²) in [5.74, 6) is -0.300. The van der Waals surface area contributed by atoms with Crippen LogP contribution in [-0.2, 0) is 21.4 Å². The Bertz CT molecular complexity index is 949. The number of halogens is 1. The average molecular weight is 363 g/mol. The third-order valence-corrected chi connectivity index (χ3v) is 5.63. The van der Waals surface area contributed by atoms with Gasteiger partial charge in [-0.2, -0.15) is 5.26 Å². The van der Waals surface area contributed by atoms with E-state index in [1.807, 2.05) is 6.07 Å². The first kappa shape index (κ1) is 16.3. The van der Waals surface area contributed by atoms with E-state index < -0.39 is 22.5 Å². The molecule has 0 aromatic heterocycles. The standard InChI is InChI=1S/C16H11ClN2O4S/c17-13-3-6-15-12(7-13)9-19(24(15,21)22)16(20)10-23-14-4-1-11(8-18)2-5-14/h1-7H,9-10H2. The maximum atomic E-state index is 12.4. The van der Waals surface area contributed by atoms with Crippen molar-refractivity contribution >= 4 is 27.5 Å². The van der Waals surface area contributed by atoms with Gasteiger partial charge in [-0.1, -0.05) is 11.6 Å². The molecule has 2 aromatic rings. The minimum Gasteiger partial charge on any atom is -0.484 e. The van der Waals surface area contributed by atoms with Crippen molar-refractivity contribution in [3.05, 3.63) is 58.6 Å². The summed E-state index contributed by atoms with van der Waals surface area (Å²) in [6.45, 7) is -0.485. The molecule has 1 aliphatic heterocycles. The third kappa shape index (κ3) is 2.94. The summed E-state index contributed by atoms with van der Waals surface area (Å²) in [5.41, 5.74) is 0.942. The molecule has 0 radical (unpaired) electrons. The molecule has 0 aliphatic carbocycles. The molecule has 122 valence electrons. The number of benzene rings is 2. The molecule has 0 spiro atoms. The summed E-state index contributed by atoms with van der Waals surface area (Å²) in [6.07, 6.45) is 0. The second kappa shape index (κ2) is 6.15. The highest BCUT2D eigenvalue weighted by Crippen LogP contribution is 2.32. The molecule has 0 saturated heterocycles. The molecule has 24 heavy (non-hydrogen) atoms. The number of amides is 1. The first-order valence-electron chi connectivity index (χ1n) is 6.89. The fourth-order valence-corrected chi connectivity index (χ4v) is 4.10. The lowest BCUT2D eigenvalue weighted by Crippen LogP contribution is -2.35. The highest BCUT2D eigenvalue weighted by Gasteiger charge is 2.38. The van der Waals surface area contributed by atoms with Crippen LogP contribution in [0, 0.1) is 11.3 Å². The summed E-state index contributed by atoms with van der Waals surface area (Å²) in [7, 11) is -3.88. The van der Waals surface area contributed by atoms with Crippen molar-refractivity contribution in [3.8, 4) is 11.8 Å². The van der Waals surface area contributed by atoms with Crippen molar-refractivity contribution in [1.29, 1.82) is 5.26 Å². The summed E-state index contributed by atoms with van der Waals surface area (Å²) < 4.78 is 30.9. The van der Waals surface area contributed by atoms with Crippen molar-refractivity contribution in [2.75, 3.05) is 6.61 Å². The fourth-order valence-electron chi connectivity index (χ4n) is 2.35. The van der Waals surface area contributed by atoms with Crippen molar-refractivity contribution in [3.63, 3.8) is 0 Å². The van der Waals surface area contributed by atoms with E-state index in [1.54, 1.807) is 24.3 Å². The minimum atomic E-state index is -3.88. The number of carbonyl (C=O) groups excluding carboxylic acids is 1. The van der Waals surface area contributed by atoms with E-state index >= 15 is 0 Å². The summed E-state index contributed by atoms with van der Waals surface area (Å²) in [5, 5.41) is 9.13. The van der Waals surface area contributed by atoms with Gasteiger partial charge in [0.2, 0.25) is 0 Å². The predicted molar refractivity (Wildman–Crippen MR) is 85.8 cm³/mol. The van der Waals surface area contributed by atoms with Crippen LogP contribution in [-0.4, -0.2) is 25.2 Å². The number of hydrogen-bond acceptors (Lipinski definition) is 5. The molecular weight excluding hydrogens is 352 g/mol. The Balaban J connectivity index is 1.73. The Labute approximate surface area is 143 Å². The second-order valence-corrected chi connectivity index (χ2v) is 7.35. The van der Waals surface area contributed by atoms with Crippen LogP contribution in [0.25, 0.3) is 0 Å². The quantitative estimate of drug-likeness (QED) is 0.836. The van der Waals surface area contributed by atoms with Gasteiger partial charge in [-0.15, -0.1) is 0 Å². The zero-order valence-corrected chi connectivity index (χ0v) is 13.8. The maximum Gasteiger partial charge on any atom is 0.274 e. The molecule has 8 heteroatoms. The first-order valence-corrected chi connectivity index (χ1v) is 8.70. The lowest BCUT2D eigenvalue weighted by Gasteiger charge is -2.15. The van der Waals surface area contributed by atoms with Gasteiger partial charge in [0.15, 0.2) is 6.61 Å². The number of sulfonamides is 1. The van der Waals surface area contributed by atoms with E-state index in [0.29, 0.717) is 21.9 Å². The van der Waals surface area contributed by atoms with E-state index in [9.17, 15) is 13.2 Å². The first-order chi connectivity index (χ1) is 11.4. The fraction of sp³-hybridized carbons (Fsp3) is 0.125. The van der Waals surface area contributed by atoms with Crippen molar-refractivity contribution < 1.29 is 17.9 Å². The van der Waals surface area contributed by atoms with E-state index in [0.717, 1.165) is 4.31 Å². The van der Waals surface area contributed by atoms with Crippen LogP contribution in [0.4, 0.5) is 0 Å². The van der Waals surface area contributed by atoms with Gasteiger partial charge in [0.1, 0.15) is 5.75 Å². The molecular formula is C16H11ClN2O4S. The number of nitriles is 1. The summed E-state index contributed by atoms with van der Waals surface area (Å²) >= 11 is 5.86. The monoisotopic (exact) mass is 362 g/mol. The second-order valence-electron chi connectivity index (χ2n) is 5.08. The molecule has 0 bridgehead atoms. The highest BCUT2D eigenvalue weighted by atomic mass is 35.5. The van der Waals surface area contributed by atoms with Crippen LogP contribution in [0.3, 0.4) is 0 Å². The molecule has 3 rings (SSSR count). The Hall–Kier alpha value is -2.56. The van der Waals surface area contributed by atoms with Gasteiger partial charge in [0.25, 0.3) is 15.9 Å². The normalized spacial score (nSPS) is 14.8. The number of fused-ring (bicyclic) bond motifs is 1. The van der Waals surface area contributed by atoms with E-state index in [1.165, 1.54) is 18.2 Å². The van der Waals surface area contributed by atoms with Gasteiger partial charge in [-0.05, 0) is 48.0 Å². The number of carbonyl (C=O) groups is 1. The maximum absolute atomic E-state index is 12.4. The molecule has 1 amide bonds. The smallest absolute Gasteiger partial charge is 0.274 e. The highest BCUT2D eigenvalue weighted by molar-refractivity contribution is 7.90. The van der Waals surface area contributed by atoms with Gasteiger partial charge in [0.05, 0.1) is 23.1 Å². The van der Waals surface area contributed by atoms with Crippen molar-refractivity contribution in [2.24, 2.45) is 0 Å². The summed E-state index contributed by atoms with van der Waals surface area (Å²) in [6, 6.07) is 12.5. The zero-order chi connectivity index (χ0) is 17.3. The van der Waals surface area contributed by atoms with Crippen molar-refractivity contribution in [1.82, 2.24) is 4.31 Å². The van der Waals surface area contributed by atoms with Crippen LogP contribution in [0.1, 0.15) is 11.1 Å². The molecule has 6 nitrogen and oxygen atoms in total. The summed E-state index contributed by atoms with van der Waals surface area (Å²) in [4.78, 5) is 12.3. The number of hydrogen-bond donors (Lipinski definition) is 0. The van der Waals surface area contributed by atoms with Gasteiger partial charge < -0.3 is 4.74 Å². The molecule has 0 atom stereocenters. The number of nitrogens with zero attached hydrogens (tertiary/aromatic N) is 2. The Morgan fingerprint density at radius 1 is 1.25 bits per heavy atom. The largest absolute Gasteiger partial charge is 0.484 e. The van der Waals surface area contributed by atoms with E-state index in [4.69, 9.17) is 21.6 Å². The minimum absolute atomic E-state index is 0.0617. The lowest BCUT2D eigenvalue weighted by atomic mass is 10.2. The Morgan fingerprint density at radius 2 is 1.96 bits per heavy atom. The van der Waals surface area contributed by atoms with Crippen LogP contribution < -0.4 is 4.74 Å². The van der Waals surface area contributed by atoms with E-state index in [2.05, 4.69) is 0 Å². The van der Waals surface area contributed by atoms with Crippen LogP contribution in [0.15, 0.2) is 47.4 Å². The van der Waals surface area contributed by atoms with Gasteiger partial charge in [-0.3, -0.25) is 4.79 Å². The third-order valence-electron chi connectivity index (χ3n) is 3.53. The Morgan fingerprint density at radius 3 is 2.62 bits per heavy atom. The molecule has 2 aromatic carbocycles. The molecule has 0 saturated carbocycles. The van der Waals surface area contributed by atoms with Crippen LogP contribution >= 0.6 is 11.6 Å². The SMILES string of the molecule is N#Cc1ccc(OCC(=O)N2Cc3cc(Cl)ccc3S2(=O)=O)cc1. The molecule has 0 fully saturated rings. The average Bonchev–Trinajstić information content (AvgIpc) is 2.83. The molecule has 1 heterocycles. The van der Waals surface area contributed by atoms with Gasteiger partial charge in [-0.25, -0.2) is 12.7 Å². The van der Waals surface area contributed by atoms with Crippen LogP contribution in [0.5, 0.6) is 5.75 Å². The number of rotatable bonds is 3. The topological polar surface area (TPSA) is 87.5 Å².